The number of hydrogen-bond acceptors (Lipinski definition) is 13. The highest BCUT2D eigenvalue weighted by Gasteiger charge is 2.44. The molecule has 5 heterocycles. The number of anilines is 1. The molecule has 5 aromatic rings. The van der Waals surface area contributed by atoms with Crippen LogP contribution < -0.4 is 15.5 Å². The van der Waals surface area contributed by atoms with Crippen molar-refractivity contribution in [2.45, 2.75) is 58.8 Å². The molecule has 0 saturated carbocycles. The van der Waals surface area contributed by atoms with Crippen LogP contribution in [0.3, 0.4) is 0 Å². The van der Waals surface area contributed by atoms with Gasteiger partial charge >= 0.3 is 0 Å². The summed E-state index contributed by atoms with van der Waals surface area (Å²) >= 11 is 0. The van der Waals surface area contributed by atoms with Crippen LogP contribution in [0.5, 0.6) is 0 Å². The zero-order chi connectivity index (χ0) is 43.8. The highest BCUT2D eigenvalue weighted by atomic mass is 16.5. The number of piperazine rings is 1. The van der Waals surface area contributed by atoms with Gasteiger partial charge in [-0.1, -0.05) is 57.2 Å². The van der Waals surface area contributed by atoms with Crippen molar-refractivity contribution in [2.75, 3.05) is 77.3 Å². The molecule has 3 N–H and O–H groups in total. The number of imidazole rings is 1. The summed E-state index contributed by atoms with van der Waals surface area (Å²) in [5, 5.41) is 16.2. The molecular weight excluding hydrogens is 799 g/mol. The third-order valence-electron chi connectivity index (χ3n) is 11.0. The number of oxazole rings is 1. The molecule has 62 heavy (non-hydrogen) atoms. The maximum absolute atomic E-state index is 13.9. The number of aliphatic hydroxyl groups is 1. The lowest BCUT2D eigenvalue weighted by Gasteiger charge is -2.35. The van der Waals surface area contributed by atoms with Crippen LogP contribution in [0, 0.1) is 12.3 Å². The van der Waals surface area contributed by atoms with Gasteiger partial charge in [0.15, 0.2) is 12.2 Å². The van der Waals surface area contributed by atoms with Gasteiger partial charge in [0.2, 0.25) is 29.4 Å². The molecule has 3 atom stereocenters. The second kappa shape index (κ2) is 19.8. The maximum Gasteiger partial charge on any atom is 0.248 e. The van der Waals surface area contributed by atoms with Gasteiger partial charge in [-0.3, -0.25) is 23.6 Å². The number of β-amino-alcohol motifs (C(OH)–C–C–N with tert-alkyl or cyclic N) is 1. The van der Waals surface area contributed by atoms with Gasteiger partial charge in [-0.05, 0) is 36.1 Å². The largest absolute Gasteiger partial charge is 0.443 e. The predicted molar refractivity (Wildman–Crippen MR) is 228 cm³/mol. The Morgan fingerprint density at radius 1 is 0.903 bits per heavy atom. The van der Waals surface area contributed by atoms with E-state index >= 15 is 0 Å². The number of benzene rings is 2. The molecule has 0 unspecified atom stereocenters. The number of carbonyl (C=O) groups excluding carboxylic acids is 4. The predicted octanol–water partition coefficient (Wildman–Crippen LogP) is 2.35. The Balaban J connectivity index is 0.766. The van der Waals surface area contributed by atoms with E-state index in [1.54, 1.807) is 4.90 Å². The van der Waals surface area contributed by atoms with Gasteiger partial charge < -0.3 is 49.1 Å². The summed E-state index contributed by atoms with van der Waals surface area (Å²) in [6, 6.07) is 15.5. The van der Waals surface area contributed by atoms with Crippen molar-refractivity contribution in [3.63, 3.8) is 0 Å². The number of nitrogens with one attached hydrogen (secondary N) is 2. The summed E-state index contributed by atoms with van der Waals surface area (Å²) in [6.07, 6.45) is 2.56. The van der Waals surface area contributed by atoms with Crippen molar-refractivity contribution in [1.29, 1.82) is 0 Å². The number of hydrogen-bond donors (Lipinski definition) is 3. The fraction of sp³-hybridized carbons (Fsp3) is 0.477. The summed E-state index contributed by atoms with van der Waals surface area (Å²) in [5.74, 6) is 0.686. The van der Waals surface area contributed by atoms with E-state index in [9.17, 15) is 24.3 Å². The number of nitrogens with zero attached hydrogens (tertiary/aromatic N) is 7. The average Bonchev–Trinajstić information content (AvgIpc) is 3.99. The monoisotopic (exact) mass is 853 g/mol. The molecule has 0 bridgehead atoms. The summed E-state index contributed by atoms with van der Waals surface area (Å²) in [6.45, 7) is 10.3. The van der Waals surface area contributed by atoms with Crippen LogP contribution in [0.15, 0.2) is 71.6 Å². The van der Waals surface area contributed by atoms with Crippen molar-refractivity contribution in [3.8, 4) is 11.3 Å². The summed E-state index contributed by atoms with van der Waals surface area (Å²) in [4.78, 5) is 71.8. The number of ether oxygens (including phenoxy) is 3. The Morgan fingerprint density at radius 2 is 1.61 bits per heavy atom. The molecular formula is C44H55N9O9. The standard InChI is InChI=1S/C44H55N9O9/c1-29-39(62-28-46-29)31-11-9-30(10-12-31)24-45-41(57)35-23-32(54)25-53(35)42(58)40(44(2,3)4)49-37(55)26-60-21-19-59-20-22-61-27-38(56)51-17-15-50(16-18-51)36-13-14-52-34-8-6-5-7-33(34)47-43(52)48-36/h5-14,28,32,35,40,54H,15-27H2,1-4H3,(H,45,57)(H,49,55)/t32-,35+,40-/m1/s1. The fourth-order valence-electron chi connectivity index (χ4n) is 7.64. The molecule has 0 radical (unpaired) electrons. The molecule has 330 valence electrons. The Labute approximate surface area is 359 Å². The molecule has 2 fully saturated rings. The minimum atomic E-state index is -0.984. The number of amides is 4. The summed E-state index contributed by atoms with van der Waals surface area (Å²) in [7, 11) is 0. The van der Waals surface area contributed by atoms with Gasteiger partial charge in [0, 0.05) is 57.4 Å². The second-order valence-corrected chi connectivity index (χ2v) is 16.6. The van der Waals surface area contributed by atoms with Gasteiger partial charge in [-0.15, -0.1) is 0 Å². The molecule has 2 saturated heterocycles. The van der Waals surface area contributed by atoms with Crippen molar-refractivity contribution >= 4 is 46.3 Å². The maximum atomic E-state index is 13.9. The number of aryl methyl sites for hydroxylation is 1. The zero-order valence-corrected chi connectivity index (χ0v) is 35.6. The number of rotatable bonds is 17. The Hall–Kier alpha value is -5.95. The number of fused-ring (bicyclic) bond motifs is 3. The molecule has 0 spiro atoms. The van der Waals surface area contributed by atoms with Gasteiger partial charge in [-0.2, -0.15) is 4.98 Å². The lowest BCUT2D eigenvalue weighted by Crippen LogP contribution is -2.58. The average molecular weight is 854 g/mol. The van der Waals surface area contributed by atoms with Gasteiger partial charge in [0.25, 0.3) is 0 Å². The van der Waals surface area contributed by atoms with Crippen LogP contribution in [0.1, 0.15) is 38.4 Å². The van der Waals surface area contributed by atoms with Crippen LogP contribution in [0.4, 0.5) is 5.82 Å². The third-order valence-corrected chi connectivity index (χ3v) is 11.0. The normalized spacial score (nSPS) is 17.5. The van der Waals surface area contributed by atoms with Crippen LogP contribution >= 0.6 is 0 Å². The third kappa shape index (κ3) is 10.7. The minimum absolute atomic E-state index is 0.0332. The van der Waals surface area contributed by atoms with Crippen LogP contribution in [0.25, 0.3) is 28.1 Å². The molecule has 0 aliphatic carbocycles. The van der Waals surface area contributed by atoms with E-state index in [2.05, 4.69) is 25.5 Å². The second-order valence-electron chi connectivity index (χ2n) is 16.6. The summed E-state index contributed by atoms with van der Waals surface area (Å²) < 4.78 is 24.1. The van der Waals surface area contributed by atoms with Crippen LogP contribution in [-0.2, 0) is 39.9 Å². The van der Waals surface area contributed by atoms with E-state index in [0.717, 1.165) is 33.7 Å². The summed E-state index contributed by atoms with van der Waals surface area (Å²) in [5.41, 5.74) is 3.67. The lowest BCUT2D eigenvalue weighted by molar-refractivity contribution is -0.144. The highest BCUT2D eigenvalue weighted by Crippen LogP contribution is 2.27. The Kier molecular flexibility index (Phi) is 14.1. The molecule has 3 aromatic heterocycles. The van der Waals surface area contributed by atoms with E-state index in [-0.39, 0.29) is 65.1 Å². The lowest BCUT2D eigenvalue weighted by atomic mass is 9.85. The van der Waals surface area contributed by atoms with Crippen molar-refractivity contribution in [3.05, 3.63) is 78.4 Å². The molecule has 18 nitrogen and oxygen atoms in total. The number of likely N-dealkylation sites (tertiary alicyclic amines) is 1. The number of para-hydroxylation sites is 2. The van der Waals surface area contributed by atoms with Crippen molar-refractivity contribution in [1.82, 2.24) is 39.8 Å². The Morgan fingerprint density at radius 3 is 2.32 bits per heavy atom. The van der Waals surface area contributed by atoms with Crippen molar-refractivity contribution < 1.29 is 42.9 Å². The molecule has 18 heteroatoms. The van der Waals surface area contributed by atoms with E-state index in [0.29, 0.717) is 37.7 Å². The topological polar surface area (TPSA) is 206 Å². The van der Waals surface area contributed by atoms with Crippen LogP contribution in [0.2, 0.25) is 0 Å². The quantitative estimate of drug-likeness (QED) is 0.115. The highest BCUT2D eigenvalue weighted by molar-refractivity contribution is 5.93. The fourth-order valence-corrected chi connectivity index (χ4v) is 7.64. The van der Waals surface area contributed by atoms with Crippen LogP contribution in [-0.4, -0.2) is 148 Å². The zero-order valence-electron chi connectivity index (χ0n) is 35.6. The van der Waals surface area contributed by atoms with Gasteiger partial charge in [-0.25, -0.2) is 9.97 Å². The molecule has 2 aliphatic heterocycles. The van der Waals surface area contributed by atoms with E-state index in [1.807, 2.05) is 92.9 Å². The first kappa shape index (κ1) is 44.1. The minimum Gasteiger partial charge on any atom is -0.443 e. The molecule has 2 aliphatic rings. The smallest absolute Gasteiger partial charge is 0.248 e. The Bertz CT molecular complexity index is 2330. The first-order valence-electron chi connectivity index (χ1n) is 20.9. The van der Waals surface area contributed by atoms with E-state index in [1.165, 1.54) is 11.3 Å². The number of carbonyl (C=O) groups is 4. The van der Waals surface area contributed by atoms with E-state index < -0.39 is 41.3 Å². The molecule has 7 rings (SSSR count). The SMILES string of the molecule is Cc1ncoc1-c1ccc(CNC(=O)[C@@H]2C[C@@H](O)CN2C(=O)[C@@H](NC(=O)COCCOCCOCC(=O)N2CCN(c3ccn4c(n3)nc3ccccc34)CC2)C(C)(C)C)cc1. The molecule has 2 aromatic carbocycles. The first-order chi connectivity index (χ1) is 29.9. The number of aromatic nitrogens is 4. The van der Waals surface area contributed by atoms with Gasteiger partial charge in [0.05, 0.1) is 49.3 Å². The van der Waals surface area contributed by atoms with Gasteiger partial charge in [0.1, 0.15) is 31.1 Å². The number of aliphatic hydroxyl groups excluding tert-OH is 1. The van der Waals surface area contributed by atoms with E-state index in [4.69, 9.17) is 23.6 Å². The molecule has 4 amide bonds. The van der Waals surface area contributed by atoms with Crippen molar-refractivity contribution in [2.24, 2.45) is 5.41 Å². The first-order valence-corrected chi connectivity index (χ1v) is 20.9.